The molecule has 172 valence electrons. The molecule has 4 aromatic rings. The molecule has 6 rings (SSSR count). The number of piperidine rings is 1. The van der Waals surface area contributed by atoms with Crippen molar-refractivity contribution < 1.29 is 4.79 Å². The molecule has 1 unspecified atom stereocenters. The third-order valence-corrected chi connectivity index (χ3v) is 8.80. The maximum absolute atomic E-state index is 13.2. The van der Waals surface area contributed by atoms with E-state index in [4.69, 9.17) is 0 Å². The minimum atomic E-state index is -0.0692. The van der Waals surface area contributed by atoms with E-state index in [1.54, 1.807) is 17.7 Å². The Kier molecular flexibility index (Phi) is 5.31. The Morgan fingerprint density at radius 1 is 1.26 bits per heavy atom. The maximum Gasteiger partial charge on any atom is 0.305 e. The van der Waals surface area contributed by atoms with Gasteiger partial charge in [-0.05, 0) is 55.9 Å². The highest BCUT2D eigenvalue weighted by Crippen LogP contribution is 2.41. The van der Waals surface area contributed by atoms with Crippen molar-refractivity contribution in [1.29, 1.82) is 5.26 Å². The number of carbonyl (C=O) groups is 1. The summed E-state index contributed by atoms with van der Waals surface area (Å²) < 4.78 is 0.894. The maximum atomic E-state index is 13.2. The lowest BCUT2D eigenvalue weighted by Gasteiger charge is -2.33. The quantitative estimate of drug-likeness (QED) is 0.445. The number of hydrogen-bond donors (Lipinski definition) is 2. The van der Waals surface area contributed by atoms with Crippen LogP contribution in [-0.2, 0) is 17.6 Å². The number of aromatic amines is 1. The van der Waals surface area contributed by atoms with Gasteiger partial charge in [0.25, 0.3) is 0 Å². The van der Waals surface area contributed by atoms with E-state index in [0.717, 1.165) is 64.2 Å². The van der Waals surface area contributed by atoms with Gasteiger partial charge in [-0.2, -0.15) is 5.26 Å². The molecule has 1 aliphatic carbocycles. The molecule has 34 heavy (non-hydrogen) atoms. The number of carbonyl (C=O) groups excluding carboxylic acids is 1. The summed E-state index contributed by atoms with van der Waals surface area (Å²) in [7, 11) is 0. The summed E-state index contributed by atoms with van der Waals surface area (Å²) in [5.41, 5.74) is 2.92. The first-order chi connectivity index (χ1) is 16.6. The molecule has 0 saturated carbocycles. The van der Waals surface area contributed by atoms with Crippen LogP contribution in [0.2, 0.25) is 0 Å². The SMILES string of the molecule is N#CC1CCCN(C(=O)[C@@H]2CCc3c(sc4ncnc(Nc5ccc6[nH]c(=O)sc6c5)c34)C2)C1. The summed E-state index contributed by atoms with van der Waals surface area (Å²) in [5, 5.41) is 13.7. The molecule has 1 amide bonds. The molecular formula is C24H22N6O2S2. The van der Waals surface area contributed by atoms with E-state index >= 15 is 0 Å². The van der Waals surface area contributed by atoms with E-state index in [-0.39, 0.29) is 22.6 Å². The number of H-pyrrole nitrogens is 1. The highest BCUT2D eigenvalue weighted by molar-refractivity contribution is 7.19. The van der Waals surface area contributed by atoms with Gasteiger partial charge in [0.2, 0.25) is 5.91 Å². The Morgan fingerprint density at radius 2 is 2.18 bits per heavy atom. The van der Waals surface area contributed by atoms with Gasteiger partial charge in [0, 0.05) is 29.6 Å². The predicted octanol–water partition coefficient (Wildman–Crippen LogP) is 4.20. The average Bonchev–Trinajstić information content (AvgIpc) is 3.42. The summed E-state index contributed by atoms with van der Waals surface area (Å²) in [6.45, 7) is 1.32. The Hall–Kier alpha value is -3.29. The van der Waals surface area contributed by atoms with Gasteiger partial charge in [0.15, 0.2) is 0 Å². The topological polar surface area (TPSA) is 115 Å². The van der Waals surface area contributed by atoms with Crippen molar-refractivity contribution in [3.63, 3.8) is 0 Å². The molecule has 2 N–H and O–H groups in total. The van der Waals surface area contributed by atoms with E-state index in [2.05, 4.69) is 26.3 Å². The summed E-state index contributed by atoms with van der Waals surface area (Å²) in [4.78, 5) is 40.7. The first-order valence-electron chi connectivity index (χ1n) is 11.4. The molecule has 1 aromatic carbocycles. The normalized spacial score (nSPS) is 20.3. The molecule has 1 fully saturated rings. The molecule has 1 saturated heterocycles. The van der Waals surface area contributed by atoms with E-state index in [9.17, 15) is 14.9 Å². The number of likely N-dealkylation sites (tertiary alicyclic amines) is 1. The first kappa shape index (κ1) is 21.3. The minimum Gasteiger partial charge on any atom is -0.341 e. The van der Waals surface area contributed by atoms with Gasteiger partial charge in [-0.25, -0.2) is 9.97 Å². The van der Waals surface area contributed by atoms with Crippen LogP contribution in [-0.4, -0.2) is 38.8 Å². The zero-order chi connectivity index (χ0) is 23.2. The Bertz CT molecular complexity index is 1510. The molecule has 2 aliphatic rings. The van der Waals surface area contributed by atoms with Crippen molar-refractivity contribution in [3.05, 3.63) is 44.6 Å². The van der Waals surface area contributed by atoms with Crippen molar-refractivity contribution in [2.24, 2.45) is 11.8 Å². The Labute approximate surface area is 203 Å². The average molecular weight is 491 g/mol. The Balaban J connectivity index is 1.27. The van der Waals surface area contributed by atoms with Crippen LogP contribution in [0.3, 0.4) is 0 Å². The van der Waals surface area contributed by atoms with Gasteiger partial charge in [0.1, 0.15) is 17.0 Å². The van der Waals surface area contributed by atoms with Crippen molar-refractivity contribution in [2.45, 2.75) is 32.1 Å². The fourth-order valence-corrected chi connectivity index (χ4v) is 7.16. The minimum absolute atomic E-state index is 0.0406. The fourth-order valence-electron chi connectivity index (χ4n) is 5.12. The van der Waals surface area contributed by atoms with Crippen molar-refractivity contribution in [2.75, 3.05) is 18.4 Å². The first-order valence-corrected chi connectivity index (χ1v) is 13.1. The molecule has 10 heteroatoms. The molecule has 4 heterocycles. The molecule has 1 aliphatic heterocycles. The van der Waals surface area contributed by atoms with Gasteiger partial charge in [0.05, 0.1) is 27.6 Å². The number of aryl methyl sites for hydroxylation is 1. The summed E-state index contributed by atoms with van der Waals surface area (Å²) >= 11 is 2.83. The number of thiophene rings is 1. The largest absolute Gasteiger partial charge is 0.341 e. The number of thiazole rings is 1. The standard InChI is InChI=1S/C24H22N6O2S2/c25-10-13-2-1-7-30(11-13)23(31)14-3-5-16-18(8-14)33-22-20(16)21(26-12-27-22)28-15-4-6-17-19(9-15)34-24(32)29-17/h4,6,9,12-14H,1-3,5,7-8,11H2,(H,29,32)(H,26,27,28)/t13?,14-/m1/s1. The second-order valence-corrected chi connectivity index (χ2v) is 11.0. The predicted molar refractivity (Wildman–Crippen MR) is 134 cm³/mol. The summed E-state index contributed by atoms with van der Waals surface area (Å²) in [5.74, 6) is 0.853. The van der Waals surface area contributed by atoms with Crippen LogP contribution >= 0.6 is 22.7 Å². The van der Waals surface area contributed by atoms with Crippen molar-refractivity contribution in [1.82, 2.24) is 19.9 Å². The van der Waals surface area contributed by atoms with Gasteiger partial charge >= 0.3 is 4.87 Å². The second kappa shape index (κ2) is 8.49. The summed E-state index contributed by atoms with van der Waals surface area (Å²) in [6.07, 6.45) is 5.67. The van der Waals surface area contributed by atoms with E-state index in [1.165, 1.54) is 21.8 Å². The van der Waals surface area contributed by atoms with Crippen LogP contribution in [0.5, 0.6) is 0 Å². The lowest BCUT2D eigenvalue weighted by Crippen LogP contribution is -2.43. The van der Waals surface area contributed by atoms with Crippen LogP contribution in [0.1, 0.15) is 29.7 Å². The van der Waals surface area contributed by atoms with Gasteiger partial charge < -0.3 is 15.2 Å². The second-order valence-electron chi connectivity index (χ2n) is 8.95. The van der Waals surface area contributed by atoms with Gasteiger partial charge in [-0.3, -0.25) is 9.59 Å². The lowest BCUT2D eigenvalue weighted by molar-refractivity contribution is -0.137. The van der Waals surface area contributed by atoms with Crippen LogP contribution in [0, 0.1) is 23.2 Å². The monoisotopic (exact) mass is 490 g/mol. The van der Waals surface area contributed by atoms with Gasteiger partial charge in [-0.15, -0.1) is 11.3 Å². The molecule has 0 bridgehead atoms. The fraction of sp³-hybridized carbons (Fsp3) is 0.375. The highest BCUT2D eigenvalue weighted by atomic mass is 32.1. The molecule has 2 atom stereocenters. The van der Waals surface area contributed by atoms with Crippen molar-refractivity contribution >= 4 is 60.5 Å². The summed E-state index contributed by atoms with van der Waals surface area (Å²) in [6, 6.07) is 8.11. The molecule has 8 nitrogen and oxygen atoms in total. The smallest absolute Gasteiger partial charge is 0.305 e. The van der Waals surface area contributed by atoms with Crippen molar-refractivity contribution in [3.8, 4) is 6.07 Å². The van der Waals surface area contributed by atoms with Crippen LogP contribution in [0.15, 0.2) is 29.3 Å². The number of nitrogens with zero attached hydrogens (tertiary/aromatic N) is 4. The number of nitrogens with one attached hydrogen (secondary N) is 2. The zero-order valence-corrected chi connectivity index (χ0v) is 20.0. The number of nitriles is 1. The van der Waals surface area contributed by atoms with Crippen LogP contribution in [0.25, 0.3) is 20.4 Å². The number of hydrogen-bond acceptors (Lipinski definition) is 8. The zero-order valence-electron chi connectivity index (χ0n) is 18.3. The number of anilines is 2. The molecule has 0 radical (unpaired) electrons. The van der Waals surface area contributed by atoms with E-state index in [1.807, 2.05) is 23.1 Å². The third kappa shape index (κ3) is 3.75. The number of amides is 1. The number of rotatable bonds is 3. The number of benzene rings is 1. The third-order valence-electron chi connectivity index (χ3n) is 6.79. The number of aromatic nitrogens is 3. The molecule has 3 aromatic heterocycles. The molecule has 0 spiro atoms. The molecular weight excluding hydrogens is 468 g/mol. The number of fused-ring (bicyclic) bond motifs is 4. The van der Waals surface area contributed by atoms with E-state index in [0.29, 0.717) is 13.0 Å². The Morgan fingerprint density at radius 3 is 3.06 bits per heavy atom. The highest BCUT2D eigenvalue weighted by Gasteiger charge is 2.33. The van der Waals surface area contributed by atoms with Gasteiger partial charge in [-0.1, -0.05) is 11.3 Å². The van der Waals surface area contributed by atoms with E-state index < -0.39 is 0 Å². The lowest BCUT2D eigenvalue weighted by atomic mass is 9.86. The van der Waals surface area contributed by atoms with Crippen LogP contribution < -0.4 is 10.2 Å². The van der Waals surface area contributed by atoms with Crippen LogP contribution in [0.4, 0.5) is 11.5 Å².